The molecule has 0 radical (unpaired) electrons. The van der Waals surface area contributed by atoms with E-state index in [1.54, 1.807) is 48.5 Å². The fourth-order valence-electron chi connectivity index (χ4n) is 3.71. The maximum absolute atomic E-state index is 12.8. The lowest BCUT2D eigenvalue weighted by Crippen LogP contribution is -2.14. The van der Waals surface area contributed by atoms with Crippen LogP contribution in [-0.4, -0.2) is 27.5 Å². The molecule has 0 saturated heterocycles. The van der Waals surface area contributed by atoms with E-state index in [4.69, 9.17) is 9.47 Å². The zero-order chi connectivity index (χ0) is 26.3. The number of hydrogen-bond donors (Lipinski definition) is 2. The average molecular weight is 517 g/mol. The molecule has 4 rings (SSSR count). The molecule has 0 bridgehead atoms. The Hall–Kier alpha value is -4.30. The number of rotatable bonds is 10. The highest BCUT2D eigenvalue weighted by Crippen LogP contribution is 2.21. The van der Waals surface area contributed by atoms with Gasteiger partial charge in [0.2, 0.25) is 0 Å². The number of carbonyl (C=O) groups excluding carboxylic acids is 1. The third-order valence-electron chi connectivity index (χ3n) is 5.38. The summed E-state index contributed by atoms with van der Waals surface area (Å²) >= 11 is 0. The van der Waals surface area contributed by atoms with Crippen LogP contribution in [0.3, 0.4) is 0 Å². The van der Waals surface area contributed by atoms with Gasteiger partial charge in [0, 0.05) is 16.9 Å². The molecule has 0 aliphatic heterocycles. The van der Waals surface area contributed by atoms with Crippen molar-refractivity contribution < 1.29 is 22.7 Å². The van der Waals surface area contributed by atoms with Crippen molar-refractivity contribution in [2.24, 2.45) is 0 Å². The van der Waals surface area contributed by atoms with Gasteiger partial charge in [-0.15, -0.1) is 0 Å². The monoisotopic (exact) mass is 516 g/mol. The van der Waals surface area contributed by atoms with Crippen molar-refractivity contribution in [1.82, 2.24) is 0 Å². The van der Waals surface area contributed by atoms with Crippen LogP contribution in [0.1, 0.15) is 21.5 Å². The molecule has 0 aliphatic carbocycles. The van der Waals surface area contributed by atoms with Crippen LogP contribution < -0.4 is 19.5 Å². The molecule has 7 nitrogen and oxygen atoms in total. The van der Waals surface area contributed by atoms with Crippen LogP contribution in [0.4, 0.5) is 11.4 Å². The molecule has 4 aromatic carbocycles. The Bertz CT molecular complexity index is 1430. The number of nitrogens with one attached hydrogen (secondary N) is 2. The summed E-state index contributed by atoms with van der Waals surface area (Å²) in [6.45, 7) is 4.59. The van der Waals surface area contributed by atoms with Gasteiger partial charge in [-0.25, -0.2) is 8.42 Å². The van der Waals surface area contributed by atoms with E-state index < -0.39 is 10.0 Å². The number of carbonyl (C=O) groups is 1. The Morgan fingerprint density at radius 3 is 1.86 bits per heavy atom. The summed E-state index contributed by atoms with van der Waals surface area (Å²) in [6, 6.07) is 27.8. The molecule has 0 unspecified atom stereocenters. The lowest BCUT2D eigenvalue weighted by Gasteiger charge is -2.11. The predicted molar refractivity (Wildman–Crippen MR) is 145 cm³/mol. The molecule has 0 heterocycles. The number of aryl methyl sites for hydroxylation is 2. The normalized spacial score (nSPS) is 11.0. The van der Waals surface area contributed by atoms with Gasteiger partial charge in [0.15, 0.2) is 0 Å². The molecule has 1 amide bonds. The number of ether oxygens (including phenoxy) is 2. The molecule has 0 atom stereocenters. The Morgan fingerprint density at radius 2 is 1.27 bits per heavy atom. The molecule has 0 spiro atoms. The maximum Gasteiger partial charge on any atom is 0.261 e. The van der Waals surface area contributed by atoms with Crippen LogP contribution >= 0.6 is 0 Å². The van der Waals surface area contributed by atoms with E-state index in [1.807, 2.05) is 50.2 Å². The lowest BCUT2D eigenvalue weighted by molar-refractivity contribution is 0.102. The molecule has 0 saturated carbocycles. The number of anilines is 2. The average Bonchev–Trinajstić information content (AvgIpc) is 2.87. The molecular formula is C29H28N2O5S. The Kier molecular flexibility index (Phi) is 8.10. The van der Waals surface area contributed by atoms with E-state index in [1.165, 1.54) is 12.1 Å². The molecular weight excluding hydrogens is 488 g/mol. The number of para-hydroxylation sites is 1. The zero-order valence-corrected chi connectivity index (χ0v) is 21.4. The van der Waals surface area contributed by atoms with Crippen molar-refractivity contribution in [2.45, 2.75) is 18.7 Å². The first-order valence-corrected chi connectivity index (χ1v) is 13.2. The van der Waals surface area contributed by atoms with Gasteiger partial charge in [0.1, 0.15) is 24.7 Å². The van der Waals surface area contributed by atoms with Gasteiger partial charge < -0.3 is 14.8 Å². The van der Waals surface area contributed by atoms with Crippen molar-refractivity contribution in [3.63, 3.8) is 0 Å². The van der Waals surface area contributed by atoms with E-state index in [2.05, 4.69) is 10.0 Å². The zero-order valence-electron chi connectivity index (χ0n) is 20.6. The quantitative estimate of drug-likeness (QED) is 0.259. The predicted octanol–water partition coefficient (Wildman–Crippen LogP) is 5.81. The summed E-state index contributed by atoms with van der Waals surface area (Å²) in [5, 5.41) is 2.78. The Labute approximate surface area is 217 Å². The summed E-state index contributed by atoms with van der Waals surface area (Å²) in [4.78, 5) is 12.7. The summed E-state index contributed by atoms with van der Waals surface area (Å²) in [7, 11) is -3.76. The second-order valence-corrected chi connectivity index (χ2v) is 10.2. The van der Waals surface area contributed by atoms with Crippen molar-refractivity contribution in [3.8, 4) is 11.5 Å². The van der Waals surface area contributed by atoms with Crippen molar-refractivity contribution in [1.29, 1.82) is 0 Å². The molecule has 4 aromatic rings. The number of benzene rings is 4. The highest BCUT2D eigenvalue weighted by molar-refractivity contribution is 7.92. The van der Waals surface area contributed by atoms with E-state index in [9.17, 15) is 13.2 Å². The summed E-state index contributed by atoms with van der Waals surface area (Å²) in [6.07, 6.45) is 0. The van der Waals surface area contributed by atoms with E-state index >= 15 is 0 Å². The minimum atomic E-state index is -3.76. The first-order valence-electron chi connectivity index (χ1n) is 11.7. The standard InChI is InChI=1S/C29H28N2O5S/c1-21-18-22(2)20-25(19-21)31-37(33,34)28-14-10-24(11-15-28)30-29(32)23-8-12-27(13-9-23)36-17-16-35-26-6-4-3-5-7-26/h3-15,18-20,31H,16-17H2,1-2H3,(H,30,32). The largest absolute Gasteiger partial charge is 0.490 e. The molecule has 37 heavy (non-hydrogen) atoms. The van der Waals surface area contributed by atoms with E-state index in [0.717, 1.165) is 16.9 Å². The van der Waals surface area contributed by atoms with Gasteiger partial charge in [-0.2, -0.15) is 0 Å². The number of hydrogen-bond acceptors (Lipinski definition) is 5. The van der Waals surface area contributed by atoms with Crippen LogP contribution in [0.5, 0.6) is 11.5 Å². The maximum atomic E-state index is 12.8. The van der Waals surface area contributed by atoms with Crippen molar-refractivity contribution in [3.05, 3.63) is 114 Å². The molecule has 0 fully saturated rings. The Balaban J connectivity index is 1.29. The van der Waals surface area contributed by atoms with Crippen LogP contribution in [0.15, 0.2) is 102 Å². The fourth-order valence-corrected chi connectivity index (χ4v) is 4.75. The minimum Gasteiger partial charge on any atom is -0.490 e. The number of sulfonamides is 1. The molecule has 2 N–H and O–H groups in total. The van der Waals surface area contributed by atoms with Gasteiger partial charge in [-0.05, 0) is 97.8 Å². The highest BCUT2D eigenvalue weighted by Gasteiger charge is 2.15. The van der Waals surface area contributed by atoms with Gasteiger partial charge >= 0.3 is 0 Å². The third kappa shape index (κ3) is 7.35. The smallest absolute Gasteiger partial charge is 0.261 e. The lowest BCUT2D eigenvalue weighted by atomic mass is 10.1. The summed E-state index contributed by atoms with van der Waals surface area (Å²) in [5.74, 6) is 1.09. The van der Waals surface area contributed by atoms with Crippen LogP contribution in [-0.2, 0) is 10.0 Å². The van der Waals surface area contributed by atoms with Gasteiger partial charge in [0.25, 0.3) is 15.9 Å². The summed E-state index contributed by atoms with van der Waals surface area (Å²) in [5.41, 5.74) is 3.36. The van der Waals surface area contributed by atoms with Crippen LogP contribution in [0.25, 0.3) is 0 Å². The van der Waals surface area contributed by atoms with E-state index in [-0.39, 0.29) is 10.8 Å². The van der Waals surface area contributed by atoms with E-state index in [0.29, 0.717) is 35.9 Å². The SMILES string of the molecule is Cc1cc(C)cc(NS(=O)(=O)c2ccc(NC(=O)c3ccc(OCCOc4ccccc4)cc3)cc2)c1. The first-order chi connectivity index (χ1) is 17.8. The second-order valence-electron chi connectivity index (χ2n) is 8.49. The van der Waals surface area contributed by atoms with Crippen molar-refractivity contribution >= 4 is 27.3 Å². The van der Waals surface area contributed by atoms with Gasteiger partial charge in [-0.3, -0.25) is 9.52 Å². The fraction of sp³-hybridized carbons (Fsp3) is 0.138. The molecule has 0 aliphatic rings. The first kappa shape index (κ1) is 25.8. The molecule has 8 heteroatoms. The molecule has 190 valence electrons. The second kappa shape index (κ2) is 11.6. The van der Waals surface area contributed by atoms with Crippen LogP contribution in [0.2, 0.25) is 0 Å². The van der Waals surface area contributed by atoms with Crippen molar-refractivity contribution in [2.75, 3.05) is 23.3 Å². The Morgan fingerprint density at radius 1 is 0.703 bits per heavy atom. The minimum absolute atomic E-state index is 0.0994. The topological polar surface area (TPSA) is 93.7 Å². The highest BCUT2D eigenvalue weighted by atomic mass is 32.2. The van der Waals surface area contributed by atoms with Crippen LogP contribution in [0, 0.1) is 13.8 Å². The van der Waals surface area contributed by atoms with Gasteiger partial charge in [0.05, 0.1) is 4.90 Å². The summed E-state index contributed by atoms with van der Waals surface area (Å²) < 4.78 is 39.4. The molecule has 0 aromatic heterocycles. The number of amides is 1. The third-order valence-corrected chi connectivity index (χ3v) is 6.77. The van der Waals surface area contributed by atoms with Gasteiger partial charge in [-0.1, -0.05) is 24.3 Å².